The molecule has 0 aromatic rings. The van der Waals surface area contributed by atoms with Gasteiger partial charge in [0.1, 0.15) is 0 Å². The number of piperazine rings is 1. The molecule has 1 aliphatic heterocycles. The molecular formula is C15H30N2. The maximum Gasteiger partial charge on any atom is 0.0195 e. The van der Waals surface area contributed by atoms with Crippen LogP contribution in [0.4, 0.5) is 0 Å². The molecule has 2 atom stereocenters. The van der Waals surface area contributed by atoms with Crippen molar-refractivity contribution in [3.63, 3.8) is 0 Å². The van der Waals surface area contributed by atoms with Crippen LogP contribution < -0.4 is 5.32 Å². The highest BCUT2D eigenvalue weighted by atomic mass is 15.2. The van der Waals surface area contributed by atoms with E-state index >= 15 is 0 Å². The molecule has 100 valence electrons. The summed E-state index contributed by atoms with van der Waals surface area (Å²) in [6, 6.07) is 1.57. The van der Waals surface area contributed by atoms with Crippen LogP contribution in [0.25, 0.3) is 0 Å². The Labute approximate surface area is 107 Å². The molecule has 1 saturated heterocycles. The van der Waals surface area contributed by atoms with Crippen LogP contribution in [0.2, 0.25) is 0 Å². The standard InChI is InChI=1S/C15H30N2/c1-4-7-13-12-17(11-10-16-13)14-8-5-6-9-15(14,2)3/h13-14,16H,4-12H2,1-3H3. The van der Waals surface area contributed by atoms with Gasteiger partial charge in [-0.25, -0.2) is 0 Å². The largest absolute Gasteiger partial charge is 0.311 e. The summed E-state index contributed by atoms with van der Waals surface area (Å²) in [6.45, 7) is 11.0. The van der Waals surface area contributed by atoms with Gasteiger partial charge in [0.05, 0.1) is 0 Å². The summed E-state index contributed by atoms with van der Waals surface area (Å²) in [5.41, 5.74) is 0.534. The average Bonchev–Trinajstić information content (AvgIpc) is 2.29. The van der Waals surface area contributed by atoms with Crippen molar-refractivity contribution in [1.82, 2.24) is 10.2 Å². The number of rotatable bonds is 3. The van der Waals surface area contributed by atoms with Gasteiger partial charge in [-0.15, -0.1) is 0 Å². The molecule has 2 heteroatoms. The Hall–Kier alpha value is -0.0800. The van der Waals surface area contributed by atoms with E-state index in [-0.39, 0.29) is 0 Å². The quantitative estimate of drug-likeness (QED) is 0.813. The maximum absolute atomic E-state index is 3.67. The second-order valence-corrected chi connectivity index (χ2v) is 6.68. The van der Waals surface area contributed by atoms with Crippen LogP contribution in [0.1, 0.15) is 59.3 Å². The third-order valence-electron chi connectivity index (χ3n) is 4.82. The van der Waals surface area contributed by atoms with E-state index in [1.807, 2.05) is 0 Å². The molecule has 0 radical (unpaired) electrons. The first-order chi connectivity index (χ1) is 8.13. The molecule has 2 nitrogen and oxygen atoms in total. The van der Waals surface area contributed by atoms with Crippen LogP contribution in [0.3, 0.4) is 0 Å². The van der Waals surface area contributed by atoms with Crippen molar-refractivity contribution in [2.45, 2.75) is 71.4 Å². The first kappa shape index (κ1) is 13.4. The van der Waals surface area contributed by atoms with E-state index in [0.717, 1.165) is 12.1 Å². The first-order valence-electron chi connectivity index (χ1n) is 7.61. The lowest BCUT2D eigenvalue weighted by molar-refractivity contribution is 0.0283. The zero-order valence-corrected chi connectivity index (χ0v) is 12.0. The molecule has 1 aliphatic carbocycles. The predicted octanol–water partition coefficient (Wildman–Crippen LogP) is 3.03. The summed E-state index contributed by atoms with van der Waals surface area (Å²) in [5.74, 6) is 0. The van der Waals surface area contributed by atoms with Gasteiger partial charge in [0.2, 0.25) is 0 Å². The van der Waals surface area contributed by atoms with Gasteiger partial charge in [0, 0.05) is 31.7 Å². The molecule has 2 fully saturated rings. The summed E-state index contributed by atoms with van der Waals surface area (Å²) in [4.78, 5) is 2.79. The Balaban J connectivity index is 1.95. The molecule has 0 amide bonds. The SMILES string of the molecule is CCCC1CN(C2CCCCC2(C)C)CCN1. The molecule has 2 unspecified atom stereocenters. The Kier molecular flexibility index (Phi) is 4.48. The van der Waals surface area contributed by atoms with Crippen molar-refractivity contribution in [1.29, 1.82) is 0 Å². The maximum atomic E-state index is 3.67. The van der Waals surface area contributed by atoms with Gasteiger partial charge in [0.15, 0.2) is 0 Å². The van der Waals surface area contributed by atoms with Crippen LogP contribution >= 0.6 is 0 Å². The van der Waals surface area contributed by atoms with E-state index in [1.165, 1.54) is 58.2 Å². The summed E-state index contributed by atoms with van der Waals surface area (Å²) in [5, 5.41) is 3.67. The van der Waals surface area contributed by atoms with E-state index in [4.69, 9.17) is 0 Å². The summed E-state index contributed by atoms with van der Waals surface area (Å²) in [7, 11) is 0. The zero-order valence-electron chi connectivity index (χ0n) is 12.0. The lowest BCUT2D eigenvalue weighted by Gasteiger charge is -2.48. The monoisotopic (exact) mass is 238 g/mol. The fraction of sp³-hybridized carbons (Fsp3) is 1.00. The second-order valence-electron chi connectivity index (χ2n) is 6.68. The average molecular weight is 238 g/mol. The zero-order chi connectivity index (χ0) is 12.3. The van der Waals surface area contributed by atoms with Gasteiger partial charge in [-0.05, 0) is 24.7 Å². The minimum absolute atomic E-state index is 0.534. The number of nitrogens with zero attached hydrogens (tertiary/aromatic N) is 1. The molecule has 0 aromatic heterocycles. The summed E-state index contributed by atoms with van der Waals surface area (Å²) in [6.07, 6.45) is 8.36. The third kappa shape index (κ3) is 3.23. The van der Waals surface area contributed by atoms with Crippen LogP contribution in [0.15, 0.2) is 0 Å². The molecule has 2 rings (SSSR count). The highest BCUT2D eigenvalue weighted by Crippen LogP contribution is 2.38. The third-order valence-corrected chi connectivity index (χ3v) is 4.82. The molecule has 2 aliphatic rings. The Morgan fingerprint density at radius 2 is 2.12 bits per heavy atom. The Morgan fingerprint density at radius 1 is 1.29 bits per heavy atom. The molecular weight excluding hydrogens is 208 g/mol. The Morgan fingerprint density at radius 3 is 2.82 bits per heavy atom. The van der Waals surface area contributed by atoms with Crippen LogP contribution in [0.5, 0.6) is 0 Å². The smallest absolute Gasteiger partial charge is 0.0195 e. The predicted molar refractivity (Wildman–Crippen MR) is 74.3 cm³/mol. The summed E-state index contributed by atoms with van der Waals surface area (Å²) >= 11 is 0. The fourth-order valence-electron chi connectivity index (χ4n) is 3.83. The molecule has 17 heavy (non-hydrogen) atoms. The second kappa shape index (κ2) is 5.71. The molecule has 1 saturated carbocycles. The highest BCUT2D eigenvalue weighted by Gasteiger charge is 2.37. The van der Waals surface area contributed by atoms with Crippen LogP contribution in [-0.2, 0) is 0 Å². The van der Waals surface area contributed by atoms with Crippen molar-refractivity contribution >= 4 is 0 Å². The van der Waals surface area contributed by atoms with E-state index in [2.05, 4.69) is 31.0 Å². The lowest BCUT2D eigenvalue weighted by Crippen LogP contribution is -2.57. The van der Waals surface area contributed by atoms with Crippen LogP contribution in [-0.4, -0.2) is 36.6 Å². The van der Waals surface area contributed by atoms with Gasteiger partial charge in [0.25, 0.3) is 0 Å². The van der Waals surface area contributed by atoms with Crippen molar-refractivity contribution < 1.29 is 0 Å². The molecule has 0 aromatic carbocycles. The van der Waals surface area contributed by atoms with Gasteiger partial charge in [-0.2, -0.15) is 0 Å². The molecule has 1 N–H and O–H groups in total. The van der Waals surface area contributed by atoms with Gasteiger partial charge < -0.3 is 5.32 Å². The number of hydrogen-bond donors (Lipinski definition) is 1. The van der Waals surface area contributed by atoms with Crippen molar-refractivity contribution in [2.75, 3.05) is 19.6 Å². The highest BCUT2D eigenvalue weighted by molar-refractivity contribution is 4.93. The van der Waals surface area contributed by atoms with Gasteiger partial charge in [-0.3, -0.25) is 4.90 Å². The topological polar surface area (TPSA) is 15.3 Å². The van der Waals surface area contributed by atoms with Crippen molar-refractivity contribution in [2.24, 2.45) is 5.41 Å². The summed E-state index contributed by atoms with van der Waals surface area (Å²) < 4.78 is 0. The van der Waals surface area contributed by atoms with Gasteiger partial charge in [-0.1, -0.05) is 40.0 Å². The molecule has 1 heterocycles. The van der Waals surface area contributed by atoms with Gasteiger partial charge >= 0.3 is 0 Å². The van der Waals surface area contributed by atoms with Crippen molar-refractivity contribution in [3.05, 3.63) is 0 Å². The first-order valence-corrected chi connectivity index (χ1v) is 7.61. The lowest BCUT2D eigenvalue weighted by atomic mass is 9.72. The number of hydrogen-bond acceptors (Lipinski definition) is 2. The number of nitrogens with one attached hydrogen (secondary N) is 1. The Bertz CT molecular complexity index is 235. The van der Waals surface area contributed by atoms with E-state index in [1.54, 1.807) is 0 Å². The minimum atomic E-state index is 0.534. The molecule has 0 bridgehead atoms. The normalized spacial score (nSPS) is 34.8. The van der Waals surface area contributed by atoms with Crippen LogP contribution in [0, 0.1) is 5.41 Å². The van der Waals surface area contributed by atoms with E-state index in [9.17, 15) is 0 Å². The molecule has 0 spiro atoms. The van der Waals surface area contributed by atoms with E-state index in [0.29, 0.717) is 5.41 Å². The fourth-order valence-corrected chi connectivity index (χ4v) is 3.83. The van der Waals surface area contributed by atoms with Crippen molar-refractivity contribution in [3.8, 4) is 0 Å². The van der Waals surface area contributed by atoms with E-state index < -0.39 is 0 Å². The minimum Gasteiger partial charge on any atom is -0.311 e.